The van der Waals surface area contributed by atoms with Crippen molar-refractivity contribution in [2.24, 2.45) is 28.6 Å². The van der Waals surface area contributed by atoms with Crippen molar-refractivity contribution in [3.8, 4) is 0 Å². The van der Waals surface area contributed by atoms with Gasteiger partial charge in [-0.3, -0.25) is 4.79 Å². The maximum Gasteiger partial charge on any atom is 0.184 e. The van der Waals surface area contributed by atoms with Gasteiger partial charge in [-0.2, -0.15) is 0 Å². The van der Waals surface area contributed by atoms with Crippen LogP contribution in [0.2, 0.25) is 0 Å². The topological polar surface area (TPSA) is 57.5 Å². The van der Waals surface area contributed by atoms with Crippen LogP contribution >= 0.6 is 0 Å². The van der Waals surface area contributed by atoms with Gasteiger partial charge in [-0.25, -0.2) is 0 Å². The van der Waals surface area contributed by atoms with Crippen molar-refractivity contribution < 1.29 is 15.0 Å². The third-order valence-corrected chi connectivity index (χ3v) is 7.02. The first-order valence-corrected chi connectivity index (χ1v) is 8.54. The second-order valence-electron chi connectivity index (χ2n) is 8.08. The monoisotopic (exact) mass is 304 g/mol. The summed E-state index contributed by atoms with van der Waals surface area (Å²) in [4.78, 5) is 12.3. The first-order chi connectivity index (χ1) is 10.4. The van der Waals surface area contributed by atoms with Gasteiger partial charge in [0.25, 0.3) is 0 Å². The average molecular weight is 304 g/mol. The molecule has 0 heterocycles. The molecule has 2 N–H and O–H groups in total. The average Bonchev–Trinajstić information content (AvgIpc) is 2.52. The van der Waals surface area contributed by atoms with Crippen LogP contribution in [0.1, 0.15) is 46.0 Å². The minimum Gasteiger partial charge on any atom is -0.396 e. The Morgan fingerprint density at radius 1 is 1.36 bits per heavy atom. The molecule has 0 unspecified atom stereocenters. The van der Waals surface area contributed by atoms with Crippen LogP contribution in [-0.4, -0.2) is 28.7 Å². The summed E-state index contributed by atoms with van der Waals surface area (Å²) in [6.45, 7) is 7.97. The summed E-state index contributed by atoms with van der Waals surface area (Å²) in [6, 6.07) is 0. The zero-order valence-electron chi connectivity index (χ0n) is 13.7. The van der Waals surface area contributed by atoms with Crippen LogP contribution in [0.25, 0.3) is 0 Å². The Morgan fingerprint density at radius 2 is 2.09 bits per heavy atom. The largest absolute Gasteiger partial charge is 0.396 e. The predicted octanol–water partition coefficient (Wildman–Crippen LogP) is 2.87. The normalized spacial score (nSPS) is 48.2. The van der Waals surface area contributed by atoms with E-state index in [9.17, 15) is 15.0 Å². The maximum atomic E-state index is 12.3. The van der Waals surface area contributed by atoms with Gasteiger partial charge in [0.2, 0.25) is 0 Å². The fraction of sp³-hybridized carbons (Fsp3) is 0.737. The number of fused-ring (bicyclic) bond motifs is 3. The first kappa shape index (κ1) is 15.9. The molecular weight excluding hydrogens is 276 g/mol. The van der Waals surface area contributed by atoms with Gasteiger partial charge in [0.05, 0.1) is 6.61 Å². The molecule has 0 spiro atoms. The summed E-state index contributed by atoms with van der Waals surface area (Å²) in [5, 5.41) is 20.2. The first-order valence-electron chi connectivity index (χ1n) is 8.54. The van der Waals surface area contributed by atoms with Crippen LogP contribution in [0.4, 0.5) is 0 Å². The third kappa shape index (κ3) is 2.05. The summed E-state index contributed by atoms with van der Waals surface area (Å²) in [7, 11) is 0. The molecule has 0 saturated heterocycles. The van der Waals surface area contributed by atoms with E-state index in [1.165, 1.54) is 5.57 Å². The lowest BCUT2D eigenvalue weighted by Gasteiger charge is -2.57. The highest BCUT2D eigenvalue weighted by Gasteiger charge is 2.56. The Bertz CT molecular complexity index is 523. The lowest BCUT2D eigenvalue weighted by molar-refractivity contribution is -0.139. The summed E-state index contributed by atoms with van der Waals surface area (Å²) >= 11 is 0. The predicted molar refractivity (Wildman–Crippen MR) is 86.1 cm³/mol. The molecule has 0 aromatic carbocycles. The van der Waals surface area contributed by atoms with E-state index in [0.717, 1.165) is 32.1 Å². The van der Waals surface area contributed by atoms with Crippen molar-refractivity contribution in [1.82, 2.24) is 0 Å². The van der Waals surface area contributed by atoms with Gasteiger partial charge in [-0.15, -0.1) is 6.58 Å². The molecule has 3 nitrogen and oxygen atoms in total. The molecule has 2 fully saturated rings. The molecule has 0 bridgehead atoms. The second-order valence-corrected chi connectivity index (χ2v) is 8.08. The number of hydrogen-bond acceptors (Lipinski definition) is 3. The molecule has 6 atom stereocenters. The fourth-order valence-electron chi connectivity index (χ4n) is 5.28. The third-order valence-electron chi connectivity index (χ3n) is 7.02. The highest BCUT2D eigenvalue weighted by molar-refractivity contribution is 5.96. The van der Waals surface area contributed by atoms with Crippen LogP contribution < -0.4 is 0 Å². The number of carbonyl (C=O) groups is 1. The summed E-state index contributed by atoms with van der Waals surface area (Å²) in [5.74, 6) is 1.06. The Labute approximate surface area is 133 Å². The molecule has 0 radical (unpaired) electrons. The molecule has 122 valence electrons. The van der Waals surface area contributed by atoms with E-state index < -0.39 is 11.5 Å². The minimum absolute atomic E-state index is 0.0364. The van der Waals surface area contributed by atoms with Crippen LogP contribution in [0.3, 0.4) is 0 Å². The Kier molecular flexibility index (Phi) is 3.85. The Balaban J connectivity index is 2.01. The van der Waals surface area contributed by atoms with Gasteiger partial charge in [0, 0.05) is 5.41 Å². The quantitative estimate of drug-likeness (QED) is 0.771. The standard InChI is InChI=1S/C19H28O3/c1-4-12-7-8-18(2)13(9-12)5-6-14-15(18)10-16(21)17(22)19(14,3)11-20/h4,10,12-14,17,20,22H,1,5-9,11H2,2-3H3/t12-,13-,14-,17+,18-,19-/m1/s1. The molecule has 3 rings (SSSR count). The number of hydrogen-bond donors (Lipinski definition) is 2. The van der Waals surface area contributed by atoms with Crippen molar-refractivity contribution in [3.63, 3.8) is 0 Å². The van der Waals surface area contributed by atoms with Gasteiger partial charge in [0.1, 0.15) is 6.10 Å². The molecule has 3 aliphatic rings. The zero-order valence-corrected chi connectivity index (χ0v) is 13.7. The van der Waals surface area contributed by atoms with E-state index >= 15 is 0 Å². The lowest BCUT2D eigenvalue weighted by atomic mass is 9.48. The van der Waals surface area contributed by atoms with E-state index in [4.69, 9.17) is 0 Å². The van der Waals surface area contributed by atoms with Crippen molar-refractivity contribution in [2.75, 3.05) is 6.61 Å². The maximum absolute atomic E-state index is 12.3. The minimum atomic E-state index is -1.07. The van der Waals surface area contributed by atoms with E-state index in [-0.39, 0.29) is 23.7 Å². The molecule has 0 amide bonds. The van der Waals surface area contributed by atoms with Crippen LogP contribution in [0.5, 0.6) is 0 Å². The SMILES string of the molecule is C=C[C@@H]1CC[C@@]2(C)C3=CC(=O)[C@H](O)[C@](C)(CO)[C@@H]3CC[C@@H]2C1. The summed E-state index contributed by atoms with van der Waals surface area (Å²) in [5.41, 5.74) is 0.497. The van der Waals surface area contributed by atoms with E-state index in [1.807, 2.05) is 6.92 Å². The Hall–Kier alpha value is -0.930. The smallest absolute Gasteiger partial charge is 0.184 e. The van der Waals surface area contributed by atoms with Crippen molar-refractivity contribution in [2.45, 2.75) is 52.1 Å². The van der Waals surface area contributed by atoms with Crippen LogP contribution in [0.15, 0.2) is 24.3 Å². The molecule has 3 aliphatic carbocycles. The highest BCUT2D eigenvalue weighted by Crippen LogP contribution is 2.61. The molecule has 0 aromatic heterocycles. The number of aliphatic hydroxyl groups is 2. The second kappa shape index (κ2) is 5.31. The van der Waals surface area contributed by atoms with Crippen LogP contribution in [-0.2, 0) is 4.79 Å². The molecule has 2 saturated carbocycles. The number of allylic oxidation sites excluding steroid dienone is 2. The highest BCUT2D eigenvalue weighted by atomic mass is 16.3. The van der Waals surface area contributed by atoms with E-state index in [2.05, 4.69) is 19.6 Å². The van der Waals surface area contributed by atoms with Gasteiger partial charge >= 0.3 is 0 Å². The van der Waals surface area contributed by atoms with Gasteiger partial charge < -0.3 is 10.2 Å². The number of aliphatic hydroxyl groups excluding tert-OH is 2. The van der Waals surface area contributed by atoms with Crippen molar-refractivity contribution >= 4 is 5.78 Å². The summed E-state index contributed by atoms with van der Waals surface area (Å²) < 4.78 is 0. The molecular formula is C19H28O3. The molecule has 0 aromatic rings. The molecule has 3 heteroatoms. The fourth-order valence-corrected chi connectivity index (χ4v) is 5.28. The van der Waals surface area contributed by atoms with Gasteiger partial charge in [-0.1, -0.05) is 25.5 Å². The Morgan fingerprint density at radius 3 is 2.73 bits per heavy atom. The van der Waals surface area contributed by atoms with Crippen molar-refractivity contribution in [3.05, 3.63) is 24.3 Å². The number of carbonyl (C=O) groups excluding carboxylic acids is 1. The zero-order chi connectivity index (χ0) is 16.1. The van der Waals surface area contributed by atoms with Crippen LogP contribution in [0, 0.1) is 28.6 Å². The van der Waals surface area contributed by atoms with E-state index in [0.29, 0.717) is 11.8 Å². The van der Waals surface area contributed by atoms with Gasteiger partial charge in [0.15, 0.2) is 5.78 Å². The van der Waals surface area contributed by atoms with Gasteiger partial charge in [-0.05, 0) is 61.3 Å². The summed E-state index contributed by atoms with van der Waals surface area (Å²) in [6.07, 6.45) is 8.12. The number of rotatable bonds is 2. The molecule has 22 heavy (non-hydrogen) atoms. The molecule has 0 aliphatic heterocycles. The van der Waals surface area contributed by atoms with E-state index in [1.54, 1.807) is 6.08 Å². The van der Waals surface area contributed by atoms with Crippen molar-refractivity contribution in [1.29, 1.82) is 0 Å². The number of ketones is 1. The lowest BCUT2D eigenvalue weighted by Crippen LogP contribution is -2.55.